The lowest BCUT2D eigenvalue weighted by molar-refractivity contribution is -0.142. The Kier molecular flexibility index (Phi) is 4.87. The van der Waals surface area contributed by atoms with E-state index in [1.165, 1.54) is 12.8 Å². The summed E-state index contributed by atoms with van der Waals surface area (Å²) < 4.78 is 0. The van der Waals surface area contributed by atoms with Crippen LogP contribution in [-0.4, -0.2) is 52.4 Å². The number of aryl methyl sites for hydroxylation is 1. The first kappa shape index (κ1) is 18.3. The quantitative estimate of drug-likeness (QED) is 0.867. The fourth-order valence-corrected chi connectivity index (χ4v) is 5.23. The normalized spacial score (nSPS) is 26.8. The maximum atomic E-state index is 13.0. The summed E-state index contributed by atoms with van der Waals surface area (Å²) in [5.74, 6) is 0.469. The molecule has 1 aromatic carbocycles. The fourth-order valence-electron chi connectivity index (χ4n) is 5.23. The van der Waals surface area contributed by atoms with Gasteiger partial charge in [0, 0.05) is 43.1 Å². The molecule has 1 aliphatic carbocycles. The van der Waals surface area contributed by atoms with Crippen LogP contribution >= 0.6 is 0 Å². The van der Waals surface area contributed by atoms with Crippen molar-refractivity contribution in [3.05, 3.63) is 29.3 Å². The van der Waals surface area contributed by atoms with E-state index in [1.807, 2.05) is 11.8 Å². The van der Waals surface area contributed by atoms with Gasteiger partial charge in [-0.3, -0.25) is 9.59 Å². The van der Waals surface area contributed by atoms with Gasteiger partial charge in [0.2, 0.25) is 5.91 Å². The lowest BCUT2D eigenvalue weighted by atomic mass is 9.73. The number of rotatable bonds is 2. The molecule has 0 radical (unpaired) electrons. The third kappa shape index (κ3) is 3.56. The SMILES string of the molecule is Cc1ccc(C(=O)N2CCCC3(CCC(=O)N(C4CCCC4)C3)C2)cc1O. The smallest absolute Gasteiger partial charge is 0.254 e. The van der Waals surface area contributed by atoms with Crippen molar-refractivity contribution in [2.24, 2.45) is 5.41 Å². The van der Waals surface area contributed by atoms with Gasteiger partial charge in [-0.15, -0.1) is 0 Å². The van der Waals surface area contributed by atoms with E-state index < -0.39 is 0 Å². The van der Waals surface area contributed by atoms with Crippen molar-refractivity contribution in [3.8, 4) is 5.75 Å². The number of amides is 2. The van der Waals surface area contributed by atoms with E-state index in [9.17, 15) is 14.7 Å². The van der Waals surface area contributed by atoms with E-state index in [-0.39, 0.29) is 17.1 Å². The Morgan fingerprint density at radius 1 is 1.15 bits per heavy atom. The molecule has 4 rings (SSSR count). The highest BCUT2D eigenvalue weighted by atomic mass is 16.3. The average molecular weight is 370 g/mol. The monoisotopic (exact) mass is 370 g/mol. The summed E-state index contributed by atoms with van der Waals surface area (Å²) in [6.07, 6.45) is 8.29. The van der Waals surface area contributed by atoms with Crippen molar-refractivity contribution in [1.82, 2.24) is 9.80 Å². The van der Waals surface area contributed by atoms with Gasteiger partial charge in [0.15, 0.2) is 0 Å². The van der Waals surface area contributed by atoms with E-state index >= 15 is 0 Å². The molecule has 1 saturated carbocycles. The van der Waals surface area contributed by atoms with Crippen LogP contribution in [0.15, 0.2) is 18.2 Å². The molecule has 1 atom stereocenters. The van der Waals surface area contributed by atoms with E-state index in [1.54, 1.807) is 18.2 Å². The van der Waals surface area contributed by atoms with Crippen LogP contribution in [0.25, 0.3) is 0 Å². The van der Waals surface area contributed by atoms with Gasteiger partial charge in [0.05, 0.1) is 0 Å². The number of carbonyl (C=O) groups is 2. The number of hydrogen-bond acceptors (Lipinski definition) is 3. The Hall–Kier alpha value is -2.04. The van der Waals surface area contributed by atoms with E-state index in [0.29, 0.717) is 23.9 Å². The van der Waals surface area contributed by atoms with Crippen LogP contribution in [0.2, 0.25) is 0 Å². The molecule has 3 aliphatic rings. The Bertz CT molecular complexity index is 741. The molecule has 2 amide bonds. The highest BCUT2D eigenvalue weighted by Crippen LogP contribution is 2.41. The number of phenols is 1. The first-order valence-corrected chi connectivity index (χ1v) is 10.4. The lowest BCUT2D eigenvalue weighted by Crippen LogP contribution is -2.56. The number of likely N-dealkylation sites (tertiary alicyclic amines) is 2. The van der Waals surface area contributed by atoms with Crippen LogP contribution < -0.4 is 0 Å². The number of aromatic hydroxyl groups is 1. The summed E-state index contributed by atoms with van der Waals surface area (Å²) >= 11 is 0. The highest BCUT2D eigenvalue weighted by molar-refractivity contribution is 5.94. The molecule has 1 unspecified atom stereocenters. The second kappa shape index (κ2) is 7.17. The lowest BCUT2D eigenvalue weighted by Gasteiger charge is -2.49. The fraction of sp³-hybridized carbons (Fsp3) is 0.636. The summed E-state index contributed by atoms with van der Waals surface area (Å²) in [5.41, 5.74) is 1.37. The zero-order chi connectivity index (χ0) is 19.0. The summed E-state index contributed by atoms with van der Waals surface area (Å²) in [6, 6.07) is 5.58. The van der Waals surface area contributed by atoms with Gasteiger partial charge in [0.1, 0.15) is 5.75 Å². The van der Waals surface area contributed by atoms with Crippen LogP contribution in [0.1, 0.15) is 67.3 Å². The van der Waals surface area contributed by atoms with E-state index in [0.717, 1.165) is 57.3 Å². The molecule has 1 N–H and O–H groups in total. The zero-order valence-electron chi connectivity index (χ0n) is 16.2. The molecule has 2 heterocycles. The van der Waals surface area contributed by atoms with Crippen molar-refractivity contribution < 1.29 is 14.7 Å². The van der Waals surface area contributed by atoms with Crippen LogP contribution in [0.4, 0.5) is 0 Å². The summed E-state index contributed by atoms with van der Waals surface area (Å²) in [4.78, 5) is 29.6. The average Bonchev–Trinajstić information content (AvgIpc) is 3.20. The molecule has 0 bridgehead atoms. The molecule has 2 saturated heterocycles. The maximum Gasteiger partial charge on any atom is 0.254 e. The number of carbonyl (C=O) groups excluding carboxylic acids is 2. The molecule has 3 fully saturated rings. The van der Waals surface area contributed by atoms with Gasteiger partial charge in [-0.1, -0.05) is 18.9 Å². The van der Waals surface area contributed by atoms with Crippen LogP contribution in [0, 0.1) is 12.3 Å². The topological polar surface area (TPSA) is 60.9 Å². The van der Waals surface area contributed by atoms with Crippen LogP contribution in [0.5, 0.6) is 5.75 Å². The van der Waals surface area contributed by atoms with E-state index in [4.69, 9.17) is 0 Å². The Morgan fingerprint density at radius 3 is 2.67 bits per heavy atom. The minimum absolute atomic E-state index is 0.00584. The molecule has 27 heavy (non-hydrogen) atoms. The van der Waals surface area contributed by atoms with Gasteiger partial charge < -0.3 is 14.9 Å². The van der Waals surface area contributed by atoms with Gasteiger partial charge in [0.25, 0.3) is 5.91 Å². The molecule has 1 aromatic rings. The molecular formula is C22H30N2O3. The second-order valence-electron chi connectivity index (χ2n) is 8.79. The van der Waals surface area contributed by atoms with Gasteiger partial charge in [-0.2, -0.15) is 0 Å². The van der Waals surface area contributed by atoms with E-state index in [2.05, 4.69) is 4.90 Å². The highest BCUT2D eigenvalue weighted by Gasteiger charge is 2.44. The third-order valence-electron chi connectivity index (χ3n) is 6.87. The number of phenolic OH excluding ortho intramolecular Hbond substituents is 1. The predicted molar refractivity (Wildman–Crippen MR) is 104 cm³/mol. The molecule has 2 aliphatic heterocycles. The Balaban J connectivity index is 1.50. The summed E-state index contributed by atoms with van der Waals surface area (Å²) in [5, 5.41) is 9.96. The molecular weight excluding hydrogens is 340 g/mol. The number of hydrogen-bond donors (Lipinski definition) is 1. The van der Waals surface area contributed by atoms with Crippen molar-refractivity contribution in [2.45, 2.75) is 64.3 Å². The summed E-state index contributed by atoms with van der Waals surface area (Å²) in [7, 11) is 0. The van der Waals surface area contributed by atoms with Gasteiger partial charge >= 0.3 is 0 Å². The molecule has 5 nitrogen and oxygen atoms in total. The molecule has 146 valence electrons. The molecule has 5 heteroatoms. The largest absolute Gasteiger partial charge is 0.508 e. The molecule has 0 aromatic heterocycles. The minimum atomic E-state index is -0.00584. The number of piperidine rings is 2. The summed E-state index contributed by atoms with van der Waals surface area (Å²) in [6.45, 7) is 4.11. The van der Waals surface area contributed by atoms with Gasteiger partial charge in [-0.05, 0) is 56.7 Å². The minimum Gasteiger partial charge on any atom is -0.508 e. The van der Waals surface area contributed by atoms with Crippen LogP contribution in [-0.2, 0) is 4.79 Å². The predicted octanol–water partition coefficient (Wildman–Crippen LogP) is 3.49. The van der Waals surface area contributed by atoms with Gasteiger partial charge in [-0.25, -0.2) is 0 Å². The number of nitrogens with zero attached hydrogens (tertiary/aromatic N) is 2. The van der Waals surface area contributed by atoms with Crippen molar-refractivity contribution >= 4 is 11.8 Å². The maximum absolute atomic E-state index is 13.0. The third-order valence-corrected chi connectivity index (χ3v) is 6.87. The number of benzene rings is 1. The Morgan fingerprint density at radius 2 is 1.93 bits per heavy atom. The van der Waals surface area contributed by atoms with Crippen molar-refractivity contribution in [2.75, 3.05) is 19.6 Å². The van der Waals surface area contributed by atoms with Crippen LogP contribution in [0.3, 0.4) is 0 Å². The Labute approximate surface area is 161 Å². The molecule has 1 spiro atoms. The zero-order valence-corrected chi connectivity index (χ0v) is 16.2. The first-order chi connectivity index (χ1) is 13.0. The first-order valence-electron chi connectivity index (χ1n) is 10.4. The van der Waals surface area contributed by atoms with Crippen molar-refractivity contribution in [3.63, 3.8) is 0 Å². The van der Waals surface area contributed by atoms with Crippen molar-refractivity contribution in [1.29, 1.82) is 0 Å². The second-order valence-corrected chi connectivity index (χ2v) is 8.79. The standard InChI is InChI=1S/C22H30N2O3/c1-16-7-8-17(13-19(16)25)21(27)23-12-4-10-22(14-23)11-9-20(26)24(15-22)18-5-2-3-6-18/h7-8,13,18,25H,2-6,9-12,14-15H2,1H3.